The first-order chi connectivity index (χ1) is 20.4. The Balaban J connectivity index is 1.54. The maximum absolute atomic E-state index is 13.5. The zero-order valence-corrected chi connectivity index (χ0v) is 24.2. The molecule has 1 atom stereocenters. The number of nitrogens with zero attached hydrogens (tertiary/aromatic N) is 2. The number of ketones is 1. The van der Waals surface area contributed by atoms with Crippen molar-refractivity contribution in [2.45, 2.75) is 26.5 Å². The zero-order chi connectivity index (χ0) is 29.6. The van der Waals surface area contributed by atoms with E-state index >= 15 is 0 Å². The summed E-state index contributed by atoms with van der Waals surface area (Å²) in [5.74, 6) is 0.340. The third-order valence-corrected chi connectivity index (χ3v) is 7.65. The summed E-state index contributed by atoms with van der Waals surface area (Å²) in [5, 5.41) is 11.5. The Labute approximate surface area is 245 Å². The molecule has 0 bridgehead atoms. The molecule has 0 spiro atoms. The average molecular weight is 573 g/mol. The molecule has 1 N–H and O–H groups in total. The number of hydrogen-bond donors (Lipinski definition) is 1. The van der Waals surface area contributed by atoms with Crippen LogP contribution in [0.2, 0.25) is 0 Å². The first-order valence-electron chi connectivity index (χ1n) is 14.2. The molecule has 1 fully saturated rings. The van der Waals surface area contributed by atoms with Gasteiger partial charge in [0.15, 0.2) is 23.0 Å². The number of rotatable bonds is 11. The van der Waals surface area contributed by atoms with Gasteiger partial charge in [-0.1, -0.05) is 50.2 Å². The third kappa shape index (κ3) is 5.92. The smallest absolute Gasteiger partial charge is 0.295 e. The molecule has 1 saturated heterocycles. The highest BCUT2D eigenvalue weighted by molar-refractivity contribution is 6.46. The predicted octanol–water partition coefficient (Wildman–Crippen LogP) is 4.81. The van der Waals surface area contributed by atoms with Crippen molar-refractivity contribution in [3.63, 3.8) is 0 Å². The fraction of sp³-hybridized carbons (Fsp3) is 0.333. The molecule has 0 aromatic heterocycles. The van der Waals surface area contributed by atoms with Crippen LogP contribution in [0.5, 0.6) is 23.0 Å². The number of likely N-dealkylation sites (N-methyl/N-ethyl adjacent to an activating group) is 1. The van der Waals surface area contributed by atoms with Crippen LogP contribution >= 0.6 is 0 Å². The van der Waals surface area contributed by atoms with Crippen LogP contribution in [-0.2, 0) is 16.2 Å². The standard InChI is InChI=1S/C33H36N2O7/c1-4-34(5-2)15-16-35-30(23-11-13-25(27(19-23)39-3)42-21-22-9-7-6-8-10-22)29(32(37)33(35)38)31(36)24-12-14-26-28(20-24)41-18-17-40-26/h6-14,19-20,30,36H,4-5,15-18,21H2,1-3H3/t30-/m0/s1. The zero-order valence-electron chi connectivity index (χ0n) is 24.2. The second kappa shape index (κ2) is 13.0. The maximum atomic E-state index is 13.5. The van der Waals surface area contributed by atoms with Gasteiger partial charge in [0.1, 0.15) is 25.6 Å². The molecule has 9 heteroatoms. The number of likely N-dealkylation sites (tertiary alicyclic amines) is 1. The first-order valence-corrected chi connectivity index (χ1v) is 14.2. The highest BCUT2D eigenvalue weighted by atomic mass is 16.6. The molecule has 0 saturated carbocycles. The molecule has 0 aliphatic carbocycles. The molecule has 2 aliphatic heterocycles. The average Bonchev–Trinajstić information content (AvgIpc) is 3.29. The van der Waals surface area contributed by atoms with Crippen LogP contribution in [0.4, 0.5) is 0 Å². The van der Waals surface area contributed by atoms with Crippen LogP contribution in [0, 0.1) is 0 Å². The largest absolute Gasteiger partial charge is 0.507 e. The van der Waals surface area contributed by atoms with E-state index < -0.39 is 17.7 Å². The molecule has 0 radical (unpaired) electrons. The highest BCUT2D eigenvalue weighted by Gasteiger charge is 2.46. The molecule has 0 unspecified atom stereocenters. The van der Waals surface area contributed by atoms with Gasteiger partial charge in [0, 0.05) is 18.7 Å². The minimum atomic E-state index is -0.828. The number of carbonyl (C=O) groups is 2. The van der Waals surface area contributed by atoms with Crippen molar-refractivity contribution in [3.05, 3.63) is 89.0 Å². The molecule has 2 aliphatic rings. The Kier molecular flexibility index (Phi) is 8.97. The quantitative estimate of drug-likeness (QED) is 0.199. The molecule has 3 aromatic carbocycles. The van der Waals surface area contributed by atoms with Gasteiger partial charge in [-0.3, -0.25) is 9.59 Å². The lowest BCUT2D eigenvalue weighted by Crippen LogP contribution is -2.38. The number of aliphatic hydroxyl groups is 1. The Morgan fingerprint density at radius 2 is 1.69 bits per heavy atom. The normalized spacial score (nSPS) is 17.5. The van der Waals surface area contributed by atoms with E-state index in [1.807, 2.05) is 30.3 Å². The van der Waals surface area contributed by atoms with Crippen molar-refractivity contribution in [1.82, 2.24) is 9.80 Å². The monoisotopic (exact) mass is 572 g/mol. The lowest BCUT2D eigenvalue weighted by Gasteiger charge is -2.28. The van der Waals surface area contributed by atoms with Crippen LogP contribution in [0.15, 0.2) is 72.3 Å². The summed E-state index contributed by atoms with van der Waals surface area (Å²) in [6.07, 6.45) is 0. The molecule has 2 heterocycles. The van der Waals surface area contributed by atoms with Crippen LogP contribution in [0.1, 0.15) is 36.6 Å². The van der Waals surface area contributed by atoms with Gasteiger partial charge in [-0.05, 0) is 54.5 Å². The van der Waals surface area contributed by atoms with Crippen LogP contribution < -0.4 is 18.9 Å². The molecule has 220 valence electrons. The summed E-state index contributed by atoms with van der Waals surface area (Å²) < 4.78 is 23.0. The third-order valence-electron chi connectivity index (χ3n) is 7.65. The fourth-order valence-corrected chi connectivity index (χ4v) is 5.30. The van der Waals surface area contributed by atoms with E-state index in [0.29, 0.717) is 67.0 Å². The van der Waals surface area contributed by atoms with Gasteiger partial charge in [0.2, 0.25) is 0 Å². The van der Waals surface area contributed by atoms with Crippen molar-refractivity contribution in [2.75, 3.05) is 46.5 Å². The summed E-state index contributed by atoms with van der Waals surface area (Å²) in [5.41, 5.74) is 2.00. The number of amides is 1. The molecule has 42 heavy (non-hydrogen) atoms. The Bertz CT molecular complexity index is 1470. The van der Waals surface area contributed by atoms with E-state index in [0.717, 1.165) is 18.7 Å². The number of Topliss-reactive ketones (excluding diaryl/α,β-unsaturated/α-hetero) is 1. The van der Waals surface area contributed by atoms with Gasteiger partial charge >= 0.3 is 0 Å². The van der Waals surface area contributed by atoms with Crippen LogP contribution in [-0.4, -0.2) is 73.1 Å². The predicted molar refractivity (Wildman–Crippen MR) is 158 cm³/mol. The second-order valence-electron chi connectivity index (χ2n) is 10.1. The molecular formula is C33H36N2O7. The molecular weight excluding hydrogens is 536 g/mol. The molecule has 3 aromatic rings. The number of fused-ring (bicyclic) bond motifs is 1. The topological polar surface area (TPSA) is 97.8 Å². The summed E-state index contributed by atoms with van der Waals surface area (Å²) in [7, 11) is 1.54. The van der Waals surface area contributed by atoms with Gasteiger partial charge in [0.05, 0.1) is 18.7 Å². The summed E-state index contributed by atoms with van der Waals surface area (Å²) >= 11 is 0. The SMILES string of the molecule is CCN(CC)CCN1C(=O)C(=O)C(=C(O)c2ccc3c(c2)OCCO3)[C@@H]1c1ccc(OCc2ccccc2)c(OC)c1. The van der Waals surface area contributed by atoms with E-state index in [9.17, 15) is 14.7 Å². The van der Waals surface area contributed by atoms with Crippen molar-refractivity contribution in [3.8, 4) is 23.0 Å². The highest BCUT2D eigenvalue weighted by Crippen LogP contribution is 2.43. The number of carbonyl (C=O) groups excluding carboxylic acids is 2. The summed E-state index contributed by atoms with van der Waals surface area (Å²) in [4.78, 5) is 30.7. The minimum absolute atomic E-state index is 0.0104. The van der Waals surface area contributed by atoms with Crippen LogP contribution in [0.25, 0.3) is 5.76 Å². The van der Waals surface area contributed by atoms with E-state index in [-0.39, 0.29) is 11.3 Å². The van der Waals surface area contributed by atoms with Crippen molar-refractivity contribution >= 4 is 17.4 Å². The second-order valence-corrected chi connectivity index (χ2v) is 10.1. The van der Waals surface area contributed by atoms with E-state index in [4.69, 9.17) is 18.9 Å². The van der Waals surface area contributed by atoms with Gasteiger partial charge in [-0.2, -0.15) is 0 Å². The lowest BCUT2D eigenvalue weighted by atomic mass is 9.94. The Morgan fingerprint density at radius 1 is 0.952 bits per heavy atom. The van der Waals surface area contributed by atoms with Crippen LogP contribution in [0.3, 0.4) is 0 Å². The van der Waals surface area contributed by atoms with E-state index in [2.05, 4.69) is 18.7 Å². The number of hydrogen-bond acceptors (Lipinski definition) is 8. The van der Waals surface area contributed by atoms with Gasteiger partial charge in [-0.15, -0.1) is 0 Å². The lowest BCUT2D eigenvalue weighted by molar-refractivity contribution is -0.140. The minimum Gasteiger partial charge on any atom is -0.507 e. The molecule has 9 nitrogen and oxygen atoms in total. The molecule has 1 amide bonds. The van der Waals surface area contributed by atoms with Gasteiger partial charge < -0.3 is 33.9 Å². The van der Waals surface area contributed by atoms with Gasteiger partial charge in [0.25, 0.3) is 11.7 Å². The summed E-state index contributed by atoms with van der Waals surface area (Å²) in [6.45, 7) is 7.77. The fourth-order valence-electron chi connectivity index (χ4n) is 5.30. The van der Waals surface area contributed by atoms with Gasteiger partial charge in [-0.25, -0.2) is 0 Å². The number of ether oxygens (including phenoxy) is 4. The summed E-state index contributed by atoms with van der Waals surface area (Å²) in [6, 6.07) is 19.3. The number of aliphatic hydroxyl groups excluding tert-OH is 1. The van der Waals surface area contributed by atoms with Crippen molar-refractivity contribution < 1.29 is 33.6 Å². The van der Waals surface area contributed by atoms with E-state index in [1.165, 1.54) is 4.90 Å². The number of methoxy groups -OCH3 is 1. The number of benzene rings is 3. The molecule has 5 rings (SSSR count). The van der Waals surface area contributed by atoms with Crippen molar-refractivity contribution in [1.29, 1.82) is 0 Å². The maximum Gasteiger partial charge on any atom is 0.295 e. The van der Waals surface area contributed by atoms with E-state index in [1.54, 1.807) is 43.5 Å². The first kappa shape index (κ1) is 29.0. The van der Waals surface area contributed by atoms with Crippen molar-refractivity contribution in [2.24, 2.45) is 0 Å². The Hall–Kier alpha value is -4.50. The Morgan fingerprint density at radius 3 is 2.40 bits per heavy atom.